The van der Waals surface area contributed by atoms with E-state index in [1.165, 1.54) is 0 Å². The van der Waals surface area contributed by atoms with E-state index >= 15 is 0 Å². The van der Waals surface area contributed by atoms with E-state index in [1.54, 1.807) is 0 Å². The van der Waals surface area contributed by atoms with Crippen LogP contribution in [0.2, 0.25) is 0 Å². The molecule has 0 heterocycles. The molecule has 1 nitrogen and oxygen atoms in total. The van der Waals surface area contributed by atoms with Crippen molar-refractivity contribution in [2.24, 2.45) is 4.99 Å². The summed E-state index contributed by atoms with van der Waals surface area (Å²) in [6.07, 6.45) is 0. The standard InChI is InChI=1S/C5H10ClN/c1-3-7-5(2)4-6/h3-4H2,1-2H3. The molecule has 0 fully saturated rings. The maximum atomic E-state index is 5.40. The van der Waals surface area contributed by atoms with Crippen molar-refractivity contribution in [1.82, 2.24) is 0 Å². The van der Waals surface area contributed by atoms with Crippen LogP contribution in [0.5, 0.6) is 0 Å². The van der Waals surface area contributed by atoms with Gasteiger partial charge >= 0.3 is 0 Å². The van der Waals surface area contributed by atoms with Crippen molar-refractivity contribution >= 4 is 17.3 Å². The second-order valence-corrected chi connectivity index (χ2v) is 1.61. The first-order valence-corrected chi connectivity index (χ1v) is 2.90. The van der Waals surface area contributed by atoms with E-state index in [0.717, 1.165) is 12.3 Å². The van der Waals surface area contributed by atoms with Gasteiger partial charge in [-0.25, -0.2) is 0 Å². The fourth-order valence-electron chi connectivity index (χ4n) is 0.312. The fraction of sp³-hybridized carbons (Fsp3) is 0.800. The lowest BCUT2D eigenvalue weighted by molar-refractivity contribution is 1.12. The van der Waals surface area contributed by atoms with Gasteiger partial charge in [-0.2, -0.15) is 0 Å². The van der Waals surface area contributed by atoms with Crippen molar-refractivity contribution in [3.05, 3.63) is 0 Å². The minimum Gasteiger partial charge on any atom is -0.293 e. The molecule has 0 saturated carbocycles. The largest absolute Gasteiger partial charge is 0.293 e. The highest BCUT2D eigenvalue weighted by molar-refractivity contribution is 6.28. The number of alkyl halides is 1. The van der Waals surface area contributed by atoms with Gasteiger partial charge in [0.25, 0.3) is 0 Å². The number of hydrogen-bond acceptors (Lipinski definition) is 1. The Labute approximate surface area is 49.4 Å². The quantitative estimate of drug-likeness (QED) is 0.388. The summed E-state index contributed by atoms with van der Waals surface area (Å²) in [4.78, 5) is 4.03. The van der Waals surface area contributed by atoms with Crippen LogP contribution < -0.4 is 0 Å². The highest BCUT2D eigenvalue weighted by Crippen LogP contribution is 1.80. The molecule has 0 atom stereocenters. The fourth-order valence-corrected chi connectivity index (χ4v) is 0.397. The first kappa shape index (κ1) is 6.96. The highest BCUT2D eigenvalue weighted by atomic mass is 35.5. The van der Waals surface area contributed by atoms with Crippen LogP contribution in [0.25, 0.3) is 0 Å². The lowest BCUT2D eigenvalue weighted by atomic mass is 10.5. The van der Waals surface area contributed by atoms with Gasteiger partial charge in [0.2, 0.25) is 0 Å². The summed E-state index contributed by atoms with van der Waals surface area (Å²) < 4.78 is 0. The van der Waals surface area contributed by atoms with Crippen molar-refractivity contribution in [3.63, 3.8) is 0 Å². The molecule has 2 heteroatoms. The van der Waals surface area contributed by atoms with Crippen LogP contribution in [0.15, 0.2) is 4.99 Å². The number of aliphatic imine (C=N–C) groups is 1. The molecule has 0 spiro atoms. The van der Waals surface area contributed by atoms with E-state index in [-0.39, 0.29) is 0 Å². The zero-order chi connectivity index (χ0) is 5.70. The Hall–Kier alpha value is -0.0400. The third-order valence-electron chi connectivity index (χ3n) is 0.621. The predicted octanol–water partition coefficient (Wildman–Crippen LogP) is 1.71. The molecule has 42 valence electrons. The molecule has 0 amide bonds. The lowest BCUT2D eigenvalue weighted by Crippen LogP contribution is -1.91. The Balaban J connectivity index is 3.29. The van der Waals surface area contributed by atoms with Gasteiger partial charge in [0.05, 0.1) is 5.88 Å². The van der Waals surface area contributed by atoms with Crippen molar-refractivity contribution < 1.29 is 0 Å². The van der Waals surface area contributed by atoms with Gasteiger partial charge in [0.15, 0.2) is 0 Å². The third-order valence-corrected chi connectivity index (χ3v) is 1.01. The van der Waals surface area contributed by atoms with Gasteiger partial charge in [0.1, 0.15) is 0 Å². The summed E-state index contributed by atoms with van der Waals surface area (Å²) in [5.41, 5.74) is 1.02. The van der Waals surface area contributed by atoms with E-state index in [4.69, 9.17) is 11.6 Å². The van der Waals surface area contributed by atoms with Gasteiger partial charge in [-0.3, -0.25) is 4.99 Å². The maximum Gasteiger partial charge on any atom is 0.0600 e. The zero-order valence-corrected chi connectivity index (χ0v) is 5.50. The minimum absolute atomic E-state index is 0.563. The van der Waals surface area contributed by atoms with Crippen LogP contribution in [0.1, 0.15) is 13.8 Å². The summed E-state index contributed by atoms with van der Waals surface area (Å²) >= 11 is 5.40. The molecular formula is C5H10ClN. The summed E-state index contributed by atoms with van der Waals surface area (Å²) in [5.74, 6) is 0.563. The zero-order valence-electron chi connectivity index (χ0n) is 4.74. The van der Waals surface area contributed by atoms with Crippen molar-refractivity contribution in [2.75, 3.05) is 12.4 Å². The predicted molar refractivity (Wildman–Crippen MR) is 34.4 cm³/mol. The van der Waals surface area contributed by atoms with Gasteiger partial charge in [0, 0.05) is 12.3 Å². The molecule has 0 unspecified atom stereocenters. The summed E-state index contributed by atoms with van der Waals surface area (Å²) in [7, 11) is 0. The Kier molecular flexibility index (Phi) is 4.10. The normalized spacial score (nSPS) is 12.1. The molecule has 0 rings (SSSR count). The van der Waals surface area contributed by atoms with Crippen LogP contribution in [-0.4, -0.2) is 18.1 Å². The van der Waals surface area contributed by atoms with Gasteiger partial charge in [-0.1, -0.05) is 0 Å². The first-order chi connectivity index (χ1) is 3.31. The van der Waals surface area contributed by atoms with Crippen molar-refractivity contribution in [2.45, 2.75) is 13.8 Å². The summed E-state index contributed by atoms with van der Waals surface area (Å²) in [6.45, 7) is 4.77. The van der Waals surface area contributed by atoms with Gasteiger partial charge in [-0.05, 0) is 13.8 Å². The Morgan fingerprint density at radius 2 is 2.29 bits per heavy atom. The molecule has 0 aliphatic heterocycles. The van der Waals surface area contributed by atoms with Gasteiger partial charge < -0.3 is 0 Å². The number of nitrogens with zero attached hydrogens (tertiary/aromatic N) is 1. The second kappa shape index (κ2) is 4.13. The SMILES string of the molecule is CCN=C(C)CCl. The van der Waals surface area contributed by atoms with Crippen LogP contribution in [0, 0.1) is 0 Å². The third kappa shape index (κ3) is 3.80. The average Bonchev–Trinajstić information content (AvgIpc) is 1.68. The van der Waals surface area contributed by atoms with E-state index in [2.05, 4.69) is 4.99 Å². The highest BCUT2D eigenvalue weighted by Gasteiger charge is 1.80. The Morgan fingerprint density at radius 3 is 2.43 bits per heavy atom. The lowest BCUT2D eigenvalue weighted by Gasteiger charge is -1.86. The smallest absolute Gasteiger partial charge is 0.0600 e. The van der Waals surface area contributed by atoms with Crippen LogP contribution in [0.3, 0.4) is 0 Å². The number of rotatable bonds is 2. The van der Waals surface area contributed by atoms with E-state index in [1.807, 2.05) is 13.8 Å². The monoisotopic (exact) mass is 119 g/mol. The number of hydrogen-bond donors (Lipinski definition) is 0. The topological polar surface area (TPSA) is 12.4 Å². The molecular weight excluding hydrogens is 110 g/mol. The molecule has 0 aliphatic carbocycles. The van der Waals surface area contributed by atoms with E-state index in [0.29, 0.717) is 5.88 Å². The van der Waals surface area contributed by atoms with Crippen molar-refractivity contribution in [1.29, 1.82) is 0 Å². The Morgan fingerprint density at radius 1 is 1.71 bits per heavy atom. The van der Waals surface area contributed by atoms with E-state index in [9.17, 15) is 0 Å². The number of halogens is 1. The van der Waals surface area contributed by atoms with E-state index < -0.39 is 0 Å². The molecule has 0 bridgehead atoms. The molecule has 0 aromatic rings. The first-order valence-electron chi connectivity index (χ1n) is 2.37. The molecule has 0 radical (unpaired) electrons. The van der Waals surface area contributed by atoms with Crippen LogP contribution in [0.4, 0.5) is 0 Å². The van der Waals surface area contributed by atoms with Crippen LogP contribution >= 0.6 is 11.6 Å². The molecule has 0 saturated heterocycles. The minimum atomic E-state index is 0.563. The molecule has 7 heavy (non-hydrogen) atoms. The molecule has 0 aliphatic rings. The molecule has 0 aromatic carbocycles. The summed E-state index contributed by atoms with van der Waals surface area (Å²) in [5, 5.41) is 0. The second-order valence-electron chi connectivity index (χ2n) is 1.34. The maximum absolute atomic E-state index is 5.40. The van der Waals surface area contributed by atoms with Crippen molar-refractivity contribution in [3.8, 4) is 0 Å². The summed E-state index contributed by atoms with van der Waals surface area (Å²) in [6, 6.07) is 0. The van der Waals surface area contributed by atoms with Crippen LogP contribution in [-0.2, 0) is 0 Å². The molecule has 0 N–H and O–H groups in total. The Bertz CT molecular complexity index is 68.5. The average molecular weight is 120 g/mol. The molecule has 0 aromatic heterocycles. The van der Waals surface area contributed by atoms with Gasteiger partial charge in [-0.15, -0.1) is 11.6 Å².